The first-order valence-electron chi connectivity index (χ1n) is 8.85. The van der Waals surface area contributed by atoms with Crippen LogP contribution < -0.4 is 5.32 Å². The van der Waals surface area contributed by atoms with Crippen molar-refractivity contribution in [2.45, 2.75) is 38.1 Å². The first kappa shape index (κ1) is 17.7. The predicted octanol–water partition coefficient (Wildman–Crippen LogP) is 3.66. The van der Waals surface area contributed by atoms with Crippen LogP contribution in [0.25, 0.3) is 0 Å². The molecule has 1 N–H and O–H groups in total. The Morgan fingerprint density at radius 3 is 2.52 bits per heavy atom. The fourth-order valence-corrected chi connectivity index (χ4v) is 4.00. The van der Waals surface area contributed by atoms with Crippen molar-refractivity contribution in [3.05, 3.63) is 58.3 Å². The average Bonchev–Trinajstić information content (AvgIpc) is 3.19. The molecule has 0 radical (unpaired) electrons. The van der Waals surface area contributed by atoms with E-state index in [1.165, 1.54) is 11.3 Å². The number of rotatable bonds is 5. The lowest BCUT2D eigenvalue weighted by atomic mass is 9.93. The van der Waals surface area contributed by atoms with Crippen LogP contribution in [0.15, 0.2) is 47.2 Å². The quantitative estimate of drug-likeness (QED) is 0.889. The summed E-state index contributed by atoms with van der Waals surface area (Å²) < 4.78 is 0. The van der Waals surface area contributed by atoms with E-state index in [1.807, 2.05) is 52.1 Å². The zero-order chi connectivity index (χ0) is 17.6. The standard InChI is InChI=1S/C20H24N2O2S/c1-2-18(15-6-4-3-5-7-15)20(24)22-11-8-17(9-12-22)21-19(23)16-10-13-25-14-16/h3-7,10,13-14,17-18H,2,8-9,11-12H2,1H3,(H,21,23). The van der Waals surface area contributed by atoms with Crippen molar-refractivity contribution < 1.29 is 9.59 Å². The molecule has 4 nitrogen and oxygen atoms in total. The predicted molar refractivity (Wildman–Crippen MR) is 101 cm³/mol. The molecular formula is C20H24N2O2S. The molecule has 2 aromatic rings. The number of nitrogens with one attached hydrogen (secondary N) is 1. The molecule has 0 aliphatic carbocycles. The molecule has 1 atom stereocenters. The molecule has 132 valence electrons. The Kier molecular flexibility index (Phi) is 5.87. The first-order chi connectivity index (χ1) is 12.2. The molecule has 0 saturated carbocycles. The molecule has 2 heterocycles. The van der Waals surface area contributed by atoms with Gasteiger partial charge in [-0.2, -0.15) is 11.3 Å². The molecule has 0 bridgehead atoms. The third kappa shape index (κ3) is 4.28. The topological polar surface area (TPSA) is 49.4 Å². The second kappa shape index (κ2) is 8.30. The van der Waals surface area contributed by atoms with Crippen LogP contribution in [0.3, 0.4) is 0 Å². The Balaban J connectivity index is 1.54. The van der Waals surface area contributed by atoms with Crippen LogP contribution in [0, 0.1) is 0 Å². The van der Waals surface area contributed by atoms with Crippen LogP contribution in [-0.2, 0) is 4.79 Å². The fraction of sp³-hybridized carbons (Fsp3) is 0.400. The first-order valence-corrected chi connectivity index (χ1v) is 9.80. The maximum atomic E-state index is 12.9. The van der Waals surface area contributed by atoms with Gasteiger partial charge < -0.3 is 10.2 Å². The van der Waals surface area contributed by atoms with Gasteiger partial charge in [-0.3, -0.25) is 9.59 Å². The van der Waals surface area contributed by atoms with Gasteiger partial charge >= 0.3 is 0 Å². The summed E-state index contributed by atoms with van der Waals surface area (Å²) in [5.74, 6) is 0.121. The Morgan fingerprint density at radius 2 is 1.92 bits per heavy atom. The van der Waals surface area contributed by atoms with E-state index in [0.29, 0.717) is 13.1 Å². The van der Waals surface area contributed by atoms with Crippen molar-refractivity contribution in [1.29, 1.82) is 0 Å². The van der Waals surface area contributed by atoms with Crippen molar-refractivity contribution >= 4 is 23.2 Å². The number of thiophene rings is 1. The van der Waals surface area contributed by atoms with Gasteiger partial charge in [0.1, 0.15) is 0 Å². The summed E-state index contributed by atoms with van der Waals surface area (Å²) in [6.07, 6.45) is 2.43. The lowest BCUT2D eigenvalue weighted by Gasteiger charge is -2.34. The Hall–Kier alpha value is -2.14. The van der Waals surface area contributed by atoms with Gasteiger partial charge in [0.25, 0.3) is 5.91 Å². The normalized spacial score (nSPS) is 16.4. The van der Waals surface area contributed by atoms with Crippen LogP contribution in [0.4, 0.5) is 0 Å². The van der Waals surface area contributed by atoms with E-state index in [-0.39, 0.29) is 23.8 Å². The van der Waals surface area contributed by atoms with E-state index in [4.69, 9.17) is 0 Å². The molecule has 3 rings (SSSR count). The number of hydrogen-bond acceptors (Lipinski definition) is 3. The van der Waals surface area contributed by atoms with Gasteiger partial charge in [0.2, 0.25) is 5.91 Å². The number of benzene rings is 1. The molecule has 2 amide bonds. The lowest BCUT2D eigenvalue weighted by molar-refractivity contribution is -0.134. The van der Waals surface area contributed by atoms with Crippen molar-refractivity contribution in [2.24, 2.45) is 0 Å². The molecule has 1 aromatic heterocycles. The minimum atomic E-state index is -0.0712. The van der Waals surface area contributed by atoms with Crippen molar-refractivity contribution in [1.82, 2.24) is 10.2 Å². The molecular weight excluding hydrogens is 332 g/mol. The molecule has 1 aliphatic rings. The van der Waals surface area contributed by atoms with E-state index >= 15 is 0 Å². The Labute approximate surface area is 152 Å². The van der Waals surface area contributed by atoms with Gasteiger partial charge in [0.05, 0.1) is 5.92 Å². The molecule has 1 saturated heterocycles. The minimum Gasteiger partial charge on any atom is -0.349 e. The maximum absolute atomic E-state index is 12.9. The van der Waals surface area contributed by atoms with Crippen LogP contribution in [0.5, 0.6) is 0 Å². The van der Waals surface area contributed by atoms with Crippen LogP contribution in [-0.4, -0.2) is 35.8 Å². The average molecular weight is 356 g/mol. The third-order valence-corrected chi connectivity index (χ3v) is 5.52. The van der Waals surface area contributed by atoms with E-state index in [9.17, 15) is 9.59 Å². The fourth-order valence-electron chi connectivity index (χ4n) is 3.37. The molecule has 1 aromatic carbocycles. The second-order valence-corrected chi connectivity index (χ2v) is 7.24. The number of likely N-dealkylation sites (tertiary alicyclic amines) is 1. The van der Waals surface area contributed by atoms with Gasteiger partial charge in [0.15, 0.2) is 0 Å². The maximum Gasteiger partial charge on any atom is 0.252 e. The summed E-state index contributed by atoms with van der Waals surface area (Å²) in [6, 6.07) is 12.0. The van der Waals surface area contributed by atoms with E-state index in [0.717, 1.165) is 30.4 Å². The van der Waals surface area contributed by atoms with Gasteiger partial charge in [-0.25, -0.2) is 0 Å². The Morgan fingerprint density at radius 1 is 1.20 bits per heavy atom. The van der Waals surface area contributed by atoms with E-state index in [1.54, 1.807) is 0 Å². The number of piperidine rings is 1. The summed E-state index contributed by atoms with van der Waals surface area (Å²) in [5.41, 5.74) is 1.81. The van der Waals surface area contributed by atoms with Crippen molar-refractivity contribution in [2.75, 3.05) is 13.1 Å². The highest BCUT2D eigenvalue weighted by atomic mass is 32.1. The zero-order valence-corrected chi connectivity index (χ0v) is 15.3. The number of carbonyl (C=O) groups excluding carboxylic acids is 2. The van der Waals surface area contributed by atoms with Crippen molar-refractivity contribution in [3.8, 4) is 0 Å². The SMILES string of the molecule is CCC(C(=O)N1CCC(NC(=O)c2ccsc2)CC1)c1ccccc1. The molecule has 1 unspecified atom stereocenters. The van der Waals surface area contributed by atoms with Gasteiger partial charge in [-0.05, 0) is 36.3 Å². The summed E-state index contributed by atoms with van der Waals surface area (Å²) in [7, 11) is 0. The van der Waals surface area contributed by atoms with E-state index < -0.39 is 0 Å². The summed E-state index contributed by atoms with van der Waals surface area (Å²) in [4.78, 5) is 27.0. The summed E-state index contributed by atoms with van der Waals surface area (Å²) in [5, 5.41) is 6.85. The summed E-state index contributed by atoms with van der Waals surface area (Å²) in [6.45, 7) is 3.47. The van der Waals surface area contributed by atoms with E-state index in [2.05, 4.69) is 12.2 Å². The van der Waals surface area contributed by atoms with Crippen LogP contribution in [0.2, 0.25) is 0 Å². The smallest absolute Gasteiger partial charge is 0.252 e. The highest BCUT2D eigenvalue weighted by Crippen LogP contribution is 2.24. The van der Waals surface area contributed by atoms with Gasteiger partial charge in [-0.15, -0.1) is 0 Å². The molecule has 5 heteroatoms. The largest absolute Gasteiger partial charge is 0.349 e. The van der Waals surface area contributed by atoms with Crippen LogP contribution in [0.1, 0.15) is 48.0 Å². The summed E-state index contributed by atoms with van der Waals surface area (Å²) >= 11 is 1.52. The molecule has 0 spiro atoms. The monoisotopic (exact) mass is 356 g/mol. The molecule has 1 aliphatic heterocycles. The third-order valence-electron chi connectivity index (χ3n) is 4.83. The Bertz CT molecular complexity index is 692. The van der Waals surface area contributed by atoms with Gasteiger partial charge in [0, 0.05) is 30.1 Å². The number of hydrogen-bond donors (Lipinski definition) is 1. The highest BCUT2D eigenvalue weighted by Gasteiger charge is 2.28. The lowest BCUT2D eigenvalue weighted by Crippen LogP contribution is -2.47. The second-order valence-electron chi connectivity index (χ2n) is 6.46. The molecule has 1 fully saturated rings. The van der Waals surface area contributed by atoms with Gasteiger partial charge in [-0.1, -0.05) is 37.3 Å². The highest BCUT2D eigenvalue weighted by molar-refractivity contribution is 7.08. The van der Waals surface area contributed by atoms with Crippen molar-refractivity contribution in [3.63, 3.8) is 0 Å². The number of amides is 2. The van der Waals surface area contributed by atoms with Crippen LogP contribution >= 0.6 is 11.3 Å². The zero-order valence-electron chi connectivity index (χ0n) is 14.5. The number of nitrogens with zero attached hydrogens (tertiary/aromatic N) is 1. The number of carbonyl (C=O) groups is 2. The minimum absolute atomic E-state index is 0.0123. The molecule has 25 heavy (non-hydrogen) atoms.